The van der Waals surface area contributed by atoms with Crippen LogP contribution >= 0.6 is 0 Å². The third-order valence-electron chi connectivity index (χ3n) is 14.0. The molecule has 4 heterocycles. The number of ether oxygens (including phenoxy) is 3. The van der Waals surface area contributed by atoms with E-state index in [0.717, 1.165) is 86.8 Å². The van der Waals surface area contributed by atoms with Gasteiger partial charge in [0, 0.05) is 42.7 Å². The van der Waals surface area contributed by atoms with Crippen LogP contribution < -0.4 is 20.9 Å². The summed E-state index contributed by atoms with van der Waals surface area (Å²) in [5.74, 6) is 0.387. The molecule has 5 N–H and O–H groups in total. The van der Waals surface area contributed by atoms with Crippen molar-refractivity contribution in [2.45, 2.75) is 82.4 Å². The number of esters is 1. The predicted octanol–water partition coefficient (Wildman–Crippen LogP) is 8.18. The van der Waals surface area contributed by atoms with Crippen LogP contribution in [0, 0.1) is 5.92 Å². The average Bonchev–Trinajstić information content (AvgIpc) is 3.40. The topological polar surface area (TPSA) is 183 Å². The number of aromatic nitrogens is 1. The van der Waals surface area contributed by atoms with Crippen LogP contribution in [-0.2, 0) is 22.6 Å². The fourth-order valence-electron chi connectivity index (χ4n) is 10.1. The van der Waals surface area contributed by atoms with E-state index in [0.29, 0.717) is 40.3 Å². The van der Waals surface area contributed by atoms with Gasteiger partial charge in [0.25, 0.3) is 5.91 Å². The fourth-order valence-corrected chi connectivity index (χ4v) is 10.1. The van der Waals surface area contributed by atoms with Gasteiger partial charge in [-0.2, -0.15) is 0 Å². The Morgan fingerprint density at radius 2 is 1.51 bits per heavy atom. The van der Waals surface area contributed by atoms with E-state index in [1.165, 1.54) is 12.1 Å². The third-order valence-corrected chi connectivity index (χ3v) is 14.0. The van der Waals surface area contributed by atoms with Gasteiger partial charge in [-0.25, -0.2) is 9.59 Å². The first kappa shape index (κ1) is 48.0. The number of rotatable bonds is 18. The van der Waals surface area contributed by atoms with Crippen molar-refractivity contribution in [1.82, 2.24) is 25.4 Å². The second kappa shape index (κ2) is 22.6. The molecule has 6 aromatic rings. The number of H-pyrrole nitrogens is 1. The molecule has 2 bridgehead atoms. The molecule has 1 aromatic heterocycles. The fraction of sp³-hybridized carbons (Fsp3) is 0.357. The number of aliphatic hydroxyl groups is 1. The number of amides is 2. The molecule has 3 saturated heterocycles. The molecule has 364 valence electrons. The van der Waals surface area contributed by atoms with Gasteiger partial charge in [-0.05, 0) is 121 Å². The van der Waals surface area contributed by atoms with Crippen molar-refractivity contribution in [3.63, 3.8) is 0 Å². The minimum Gasteiger partial charge on any atom is -0.506 e. The normalized spacial score (nSPS) is 18.7. The summed E-state index contributed by atoms with van der Waals surface area (Å²) in [6.45, 7) is 4.16. The Kier molecular flexibility index (Phi) is 15.5. The number of phenols is 1. The summed E-state index contributed by atoms with van der Waals surface area (Å²) in [5, 5.41) is 28.1. The summed E-state index contributed by atoms with van der Waals surface area (Å²) >= 11 is 0. The van der Waals surface area contributed by atoms with Crippen LogP contribution in [-0.4, -0.2) is 94.4 Å². The zero-order valence-electron chi connectivity index (χ0n) is 39.3. The van der Waals surface area contributed by atoms with E-state index < -0.39 is 24.2 Å². The molecule has 1 saturated carbocycles. The Balaban J connectivity index is 0.758. The number of nitrogens with zero attached hydrogens (tertiary/aromatic N) is 2. The van der Waals surface area contributed by atoms with Gasteiger partial charge in [-0.1, -0.05) is 92.1 Å². The first-order valence-electron chi connectivity index (χ1n) is 24.5. The van der Waals surface area contributed by atoms with Crippen molar-refractivity contribution in [3.8, 4) is 11.5 Å². The number of aromatic hydroxyl groups is 1. The zero-order valence-corrected chi connectivity index (χ0v) is 39.3. The van der Waals surface area contributed by atoms with Crippen molar-refractivity contribution in [3.05, 3.63) is 177 Å². The summed E-state index contributed by atoms with van der Waals surface area (Å²) in [7, 11) is 0. The van der Waals surface area contributed by atoms with Gasteiger partial charge in [-0.3, -0.25) is 14.5 Å². The molecule has 3 aliphatic heterocycles. The van der Waals surface area contributed by atoms with E-state index in [1.54, 1.807) is 36.4 Å². The smallest absolute Gasteiger partial charge is 0.408 e. The van der Waals surface area contributed by atoms with Gasteiger partial charge < -0.3 is 44.9 Å². The lowest BCUT2D eigenvalue weighted by atomic mass is 9.86. The van der Waals surface area contributed by atoms with Crippen LogP contribution in [0.15, 0.2) is 132 Å². The van der Waals surface area contributed by atoms with Gasteiger partial charge in [-0.15, -0.1) is 0 Å². The number of benzene rings is 5. The molecule has 14 heteroatoms. The first-order valence-corrected chi connectivity index (χ1v) is 24.5. The Labute approximate surface area is 407 Å². The van der Waals surface area contributed by atoms with Gasteiger partial charge in [0.1, 0.15) is 30.8 Å². The van der Waals surface area contributed by atoms with E-state index in [-0.39, 0.29) is 61.2 Å². The van der Waals surface area contributed by atoms with Crippen molar-refractivity contribution in [2.75, 3.05) is 39.3 Å². The maximum absolute atomic E-state index is 14.0. The Bertz CT molecular complexity index is 2790. The minimum atomic E-state index is -0.897. The molecule has 3 atom stereocenters. The molecule has 1 aliphatic carbocycles. The van der Waals surface area contributed by atoms with Gasteiger partial charge in [0.2, 0.25) is 5.56 Å². The number of hydrogen-bond acceptors (Lipinski definition) is 11. The highest BCUT2D eigenvalue weighted by Gasteiger charge is 2.37. The maximum atomic E-state index is 14.0. The standard InChI is InChI=1S/C56H61N5O9/c62-48-24-22-46(47-23-25-51(64)58-53(47)48)49(63)34-57-33-37-14-18-41(19-15-37)54(65)61(44-11-5-2-6-12-44)30-31-68-55(66)42-20-16-38(17-21-42)36-69-45-13-7-10-43(32-45)52(40-8-3-1-4-9-40)59-56(67)70-50-35-60-28-26-39(50)27-29-60/h1,3-4,7-10,13-25,32,39,44,49-50,52,57,62-63H,2,5-6,11-12,26-31,33-36H2,(H,58,64)(H,59,67)/t49?,50?,52-/m0/s1. The van der Waals surface area contributed by atoms with Crippen LogP contribution in [0.4, 0.5) is 4.79 Å². The molecular weight excluding hydrogens is 887 g/mol. The highest BCUT2D eigenvalue weighted by molar-refractivity contribution is 5.94. The monoisotopic (exact) mass is 947 g/mol. The van der Waals surface area contributed by atoms with Crippen LogP contribution in [0.2, 0.25) is 0 Å². The summed E-state index contributed by atoms with van der Waals surface area (Å²) in [5.41, 5.74) is 5.02. The number of hydrogen-bond donors (Lipinski definition) is 5. The highest BCUT2D eigenvalue weighted by Crippen LogP contribution is 2.32. The molecule has 5 aromatic carbocycles. The molecule has 2 unspecified atom stereocenters. The van der Waals surface area contributed by atoms with Crippen LogP contribution in [0.25, 0.3) is 10.9 Å². The third kappa shape index (κ3) is 11.9. The lowest BCUT2D eigenvalue weighted by molar-refractivity contribution is -0.0336. The second-order valence-electron chi connectivity index (χ2n) is 18.7. The number of nitrogens with one attached hydrogen (secondary N) is 3. The van der Waals surface area contributed by atoms with Crippen molar-refractivity contribution in [1.29, 1.82) is 0 Å². The molecule has 70 heavy (non-hydrogen) atoms. The Hall–Kier alpha value is -7.00. The Morgan fingerprint density at radius 3 is 2.26 bits per heavy atom. The SMILES string of the molecule is O=C(N[C@@H](c1ccccc1)c1cccc(OCc2ccc(C(=O)OCCN(C(=O)c3ccc(CNCC(O)c4ccc(O)c5[nH]c(=O)ccc45)cc3)C3CCCCC3)cc2)c1)OC1CN2CCC1CC2. The molecule has 4 fully saturated rings. The Morgan fingerprint density at radius 1 is 0.786 bits per heavy atom. The molecule has 10 rings (SSSR count). The van der Waals surface area contributed by atoms with E-state index in [9.17, 15) is 29.4 Å². The lowest BCUT2D eigenvalue weighted by Crippen LogP contribution is -2.52. The first-order chi connectivity index (χ1) is 34.1. The number of carbonyl (C=O) groups is 3. The van der Waals surface area contributed by atoms with Gasteiger partial charge in [0.15, 0.2) is 0 Å². The van der Waals surface area contributed by atoms with Crippen molar-refractivity contribution < 1.29 is 38.8 Å². The summed E-state index contributed by atoms with van der Waals surface area (Å²) < 4.78 is 18.0. The molecule has 2 amide bonds. The largest absolute Gasteiger partial charge is 0.506 e. The summed E-state index contributed by atoms with van der Waals surface area (Å²) in [6, 6.07) is 37.6. The lowest BCUT2D eigenvalue weighted by Gasteiger charge is -2.43. The quantitative estimate of drug-likeness (QED) is 0.0524. The number of alkyl carbamates (subject to hydrolysis) is 1. The summed E-state index contributed by atoms with van der Waals surface area (Å²) in [6.07, 6.45) is 5.66. The predicted molar refractivity (Wildman–Crippen MR) is 266 cm³/mol. The van der Waals surface area contributed by atoms with Crippen LogP contribution in [0.3, 0.4) is 0 Å². The minimum absolute atomic E-state index is 0.0494. The summed E-state index contributed by atoms with van der Waals surface area (Å²) in [4.78, 5) is 59.2. The zero-order chi connectivity index (χ0) is 48.4. The number of aliphatic hydroxyl groups excluding tert-OH is 1. The van der Waals surface area contributed by atoms with Gasteiger partial charge >= 0.3 is 12.1 Å². The van der Waals surface area contributed by atoms with E-state index >= 15 is 0 Å². The number of pyridine rings is 1. The molecule has 0 spiro atoms. The number of phenolic OH excluding ortho intramolecular Hbond substituents is 1. The molecule has 14 nitrogen and oxygen atoms in total. The van der Waals surface area contributed by atoms with E-state index in [4.69, 9.17) is 14.2 Å². The van der Waals surface area contributed by atoms with Crippen molar-refractivity contribution in [2.24, 2.45) is 5.92 Å². The maximum Gasteiger partial charge on any atom is 0.408 e. The molecule has 0 radical (unpaired) electrons. The molecule has 4 aliphatic rings. The second-order valence-corrected chi connectivity index (χ2v) is 18.7. The number of fused-ring (bicyclic) bond motifs is 4. The van der Waals surface area contributed by atoms with Crippen LogP contribution in [0.1, 0.15) is 106 Å². The number of aromatic amines is 1. The highest BCUT2D eigenvalue weighted by atomic mass is 16.6. The number of carbonyl (C=O) groups excluding carboxylic acids is 3. The number of piperidine rings is 3. The average molecular weight is 948 g/mol. The van der Waals surface area contributed by atoms with Gasteiger partial charge in [0.05, 0.1) is 29.8 Å². The van der Waals surface area contributed by atoms with Crippen LogP contribution in [0.5, 0.6) is 11.5 Å². The van der Waals surface area contributed by atoms with E-state index in [1.807, 2.05) is 83.8 Å². The molecular formula is C56H61N5O9. The van der Waals surface area contributed by atoms with Crippen molar-refractivity contribution >= 4 is 28.9 Å². The van der Waals surface area contributed by atoms with E-state index in [2.05, 4.69) is 20.5 Å².